The van der Waals surface area contributed by atoms with Crippen molar-refractivity contribution >= 4 is 20.4 Å². The van der Waals surface area contributed by atoms with Crippen molar-refractivity contribution in [1.82, 2.24) is 4.13 Å². The summed E-state index contributed by atoms with van der Waals surface area (Å²) in [5.74, 6) is -1.37. The summed E-state index contributed by atoms with van der Waals surface area (Å²) in [6, 6.07) is 7.11. The molecule has 1 aromatic carbocycles. The lowest BCUT2D eigenvalue weighted by atomic mass is 10.4. The number of halogens is 3. The highest BCUT2D eigenvalue weighted by atomic mass is 32.3. The second-order valence-electron chi connectivity index (χ2n) is 3.82. The Hall–Kier alpha value is -0.770. The third kappa shape index (κ3) is 4.84. The Morgan fingerprint density at radius 1 is 1.22 bits per heavy atom. The van der Waals surface area contributed by atoms with Crippen LogP contribution < -0.4 is 9.27 Å². The molecule has 0 saturated heterocycles. The van der Waals surface area contributed by atoms with Crippen molar-refractivity contribution in [2.45, 2.75) is 11.1 Å². The van der Waals surface area contributed by atoms with E-state index in [1.165, 1.54) is 24.3 Å². The van der Waals surface area contributed by atoms with Crippen LogP contribution in [0.5, 0.6) is 0 Å². The molecule has 0 saturated carbocycles. The fourth-order valence-corrected chi connectivity index (χ4v) is 5.09. The van der Waals surface area contributed by atoms with E-state index in [2.05, 4.69) is 0 Å². The van der Waals surface area contributed by atoms with Gasteiger partial charge >= 0.3 is 6.18 Å². The molecule has 0 aromatic heterocycles. The highest BCUT2D eigenvalue weighted by Gasteiger charge is 2.36. The highest BCUT2D eigenvalue weighted by molar-refractivity contribution is 8.34. The lowest BCUT2D eigenvalue weighted by Crippen LogP contribution is -2.38. The Morgan fingerprint density at radius 3 is 2.17 bits per heavy atom. The van der Waals surface area contributed by atoms with E-state index < -0.39 is 32.4 Å². The van der Waals surface area contributed by atoms with Gasteiger partial charge in [-0.1, -0.05) is 18.2 Å². The molecule has 1 aromatic rings. The molecule has 18 heavy (non-hydrogen) atoms. The lowest BCUT2D eigenvalue weighted by Gasteiger charge is -2.32. The van der Waals surface area contributed by atoms with Gasteiger partial charge in [0.05, 0.1) is 10.6 Å². The molecule has 0 spiro atoms. The maximum absolute atomic E-state index is 12.2. The van der Waals surface area contributed by atoms with Crippen molar-refractivity contribution < 1.29 is 21.6 Å². The second-order valence-corrected chi connectivity index (χ2v) is 8.57. The molecule has 9 heteroatoms. The number of alkyl halides is 3. The van der Waals surface area contributed by atoms with Gasteiger partial charge in [-0.3, -0.25) is 5.14 Å². The van der Waals surface area contributed by atoms with E-state index in [9.17, 15) is 21.6 Å². The van der Waals surface area contributed by atoms with Gasteiger partial charge in [-0.2, -0.15) is 17.3 Å². The van der Waals surface area contributed by atoms with E-state index in [4.69, 9.17) is 5.14 Å². The normalized spacial score (nSPS) is 18.1. The maximum atomic E-state index is 12.2. The third-order valence-electron chi connectivity index (χ3n) is 1.82. The summed E-state index contributed by atoms with van der Waals surface area (Å²) in [7, 11) is -7.04. The van der Waals surface area contributed by atoms with Gasteiger partial charge in [-0.25, -0.2) is 8.42 Å². The molecular weight excluding hydrogens is 289 g/mol. The smallest absolute Gasteiger partial charge is 0.283 e. The predicted molar refractivity (Wildman–Crippen MR) is 65.4 cm³/mol. The van der Waals surface area contributed by atoms with Crippen LogP contribution in [0.15, 0.2) is 35.2 Å². The molecule has 0 fully saturated rings. The first-order valence-electron chi connectivity index (χ1n) is 4.71. The van der Waals surface area contributed by atoms with Gasteiger partial charge in [0.2, 0.25) is 10.0 Å². The number of rotatable bonds is 4. The SMILES string of the molecule is CS(N)(CC(F)(F)F)NS(=O)(=O)c1ccccc1. The van der Waals surface area contributed by atoms with Crippen LogP contribution in [0.2, 0.25) is 0 Å². The predicted octanol–water partition coefficient (Wildman–Crippen LogP) is 1.75. The summed E-state index contributed by atoms with van der Waals surface area (Å²) in [4.78, 5) is -0.114. The van der Waals surface area contributed by atoms with Crippen LogP contribution in [0, 0.1) is 0 Å². The van der Waals surface area contributed by atoms with Crippen LogP contribution in [0.3, 0.4) is 0 Å². The molecule has 0 aliphatic heterocycles. The van der Waals surface area contributed by atoms with Crippen molar-refractivity contribution in [3.63, 3.8) is 0 Å². The van der Waals surface area contributed by atoms with E-state index in [1.54, 1.807) is 6.07 Å². The molecule has 0 aliphatic carbocycles. The first-order chi connectivity index (χ1) is 8.02. The Morgan fingerprint density at radius 2 is 1.72 bits per heavy atom. The summed E-state index contributed by atoms with van der Waals surface area (Å²) in [6.07, 6.45) is -3.46. The van der Waals surface area contributed by atoms with Gasteiger partial charge in [-0.15, -0.1) is 10.4 Å². The van der Waals surface area contributed by atoms with Crippen LogP contribution in [0.4, 0.5) is 13.2 Å². The quantitative estimate of drug-likeness (QED) is 0.890. The molecular formula is C9H13F3N2O2S2. The fraction of sp³-hybridized carbons (Fsp3) is 0.333. The van der Waals surface area contributed by atoms with E-state index in [0.29, 0.717) is 0 Å². The average Bonchev–Trinajstić information content (AvgIpc) is 2.13. The van der Waals surface area contributed by atoms with Gasteiger partial charge in [0, 0.05) is 0 Å². The van der Waals surface area contributed by atoms with Crippen molar-refractivity contribution in [3.8, 4) is 0 Å². The summed E-state index contributed by atoms with van der Waals surface area (Å²) in [5.41, 5.74) is 0. The third-order valence-corrected chi connectivity index (χ3v) is 6.04. The summed E-state index contributed by atoms with van der Waals surface area (Å²) >= 11 is 0. The van der Waals surface area contributed by atoms with Crippen LogP contribution in [-0.2, 0) is 10.0 Å². The molecule has 0 heterocycles. The molecule has 0 aliphatic rings. The standard InChI is InChI=1S/C9H13F3N2O2S2/c1-17(13,7-9(10,11)12)14-18(15,16)8-5-3-2-4-6-8/h2-6,14H,7,13H2,1H3. The lowest BCUT2D eigenvalue weighted by molar-refractivity contribution is -0.105. The van der Waals surface area contributed by atoms with Gasteiger partial charge in [0.15, 0.2) is 0 Å². The summed E-state index contributed by atoms with van der Waals surface area (Å²) in [6.45, 7) is 0. The first kappa shape index (κ1) is 15.3. The molecule has 0 bridgehead atoms. The van der Waals surface area contributed by atoms with Gasteiger partial charge in [0.25, 0.3) is 0 Å². The highest BCUT2D eigenvalue weighted by Crippen LogP contribution is 2.38. The number of nitrogens with two attached hydrogens (primary N) is 1. The molecule has 4 nitrogen and oxygen atoms in total. The van der Waals surface area contributed by atoms with Crippen LogP contribution in [0.25, 0.3) is 0 Å². The fourth-order valence-electron chi connectivity index (χ4n) is 1.27. The molecule has 0 amide bonds. The molecule has 104 valence electrons. The van der Waals surface area contributed by atoms with E-state index in [0.717, 1.165) is 6.26 Å². The number of nitrogens with one attached hydrogen (secondary N) is 1. The molecule has 1 unspecified atom stereocenters. The minimum Gasteiger partial charge on any atom is -0.283 e. The monoisotopic (exact) mass is 302 g/mol. The number of hydrogen-bond donors (Lipinski definition) is 2. The molecule has 0 radical (unpaired) electrons. The largest absolute Gasteiger partial charge is 0.398 e. The minimum absolute atomic E-state index is 0.114. The topological polar surface area (TPSA) is 72.2 Å². The zero-order chi connectivity index (χ0) is 14.0. The zero-order valence-corrected chi connectivity index (χ0v) is 11.1. The van der Waals surface area contributed by atoms with Crippen molar-refractivity contribution in [1.29, 1.82) is 0 Å². The maximum Gasteiger partial charge on any atom is 0.398 e. The first-order valence-corrected chi connectivity index (χ1v) is 8.47. The Labute approximate surface area is 105 Å². The molecule has 1 atom stereocenters. The van der Waals surface area contributed by atoms with E-state index >= 15 is 0 Å². The van der Waals surface area contributed by atoms with E-state index in [-0.39, 0.29) is 4.90 Å². The summed E-state index contributed by atoms with van der Waals surface area (Å²) in [5, 5.41) is 5.40. The minimum atomic E-state index is -4.52. The zero-order valence-electron chi connectivity index (χ0n) is 9.44. The molecule has 1 rings (SSSR count). The van der Waals surface area contributed by atoms with Crippen molar-refractivity contribution in [2.75, 3.05) is 12.0 Å². The van der Waals surface area contributed by atoms with Crippen LogP contribution >= 0.6 is 10.4 Å². The number of sulfonamides is 1. The Bertz CT molecular complexity index is 500. The average molecular weight is 302 g/mol. The van der Waals surface area contributed by atoms with Gasteiger partial charge in [-0.05, 0) is 18.4 Å². The number of benzene rings is 1. The van der Waals surface area contributed by atoms with Crippen molar-refractivity contribution in [3.05, 3.63) is 30.3 Å². The van der Waals surface area contributed by atoms with Gasteiger partial charge in [0.1, 0.15) is 0 Å². The summed E-state index contributed by atoms with van der Waals surface area (Å²) < 4.78 is 62.2. The number of hydrogen-bond acceptors (Lipinski definition) is 3. The second kappa shape index (κ2) is 5.08. The Kier molecular flexibility index (Phi) is 4.31. The van der Waals surface area contributed by atoms with Crippen LogP contribution in [0.1, 0.15) is 0 Å². The Balaban J connectivity index is 2.90. The van der Waals surface area contributed by atoms with Crippen molar-refractivity contribution in [2.24, 2.45) is 5.14 Å². The molecule has 3 N–H and O–H groups in total. The van der Waals surface area contributed by atoms with Gasteiger partial charge < -0.3 is 0 Å². The van der Waals surface area contributed by atoms with Crippen LogP contribution in [-0.4, -0.2) is 26.6 Å². The van der Waals surface area contributed by atoms with E-state index in [1.807, 2.05) is 4.13 Å².